The second-order valence-electron chi connectivity index (χ2n) is 7.06. The Bertz CT molecular complexity index is 880. The first-order valence-corrected chi connectivity index (χ1v) is 11.4. The van der Waals surface area contributed by atoms with E-state index in [9.17, 15) is 9.59 Å². The van der Waals surface area contributed by atoms with E-state index in [-0.39, 0.29) is 16.7 Å². The van der Waals surface area contributed by atoms with Crippen molar-refractivity contribution >= 4 is 51.1 Å². The van der Waals surface area contributed by atoms with Crippen molar-refractivity contribution in [1.29, 1.82) is 0 Å². The number of carbonyl (C=O) groups is 2. The monoisotopic (exact) mass is 478 g/mol. The van der Waals surface area contributed by atoms with Gasteiger partial charge in [-0.2, -0.15) is 0 Å². The van der Waals surface area contributed by atoms with Gasteiger partial charge in [0.15, 0.2) is 0 Å². The Morgan fingerprint density at radius 3 is 2.11 bits per heavy atom. The number of piperidine rings is 1. The zero-order valence-corrected chi connectivity index (χ0v) is 18.4. The molecule has 2 heterocycles. The number of thioether (sulfide) groups is 1. The summed E-state index contributed by atoms with van der Waals surface area (Å²) in [5, 5.41) is 0.627. The molecule has 0 unspecified atom stereocenters. The molecule has 0 bridgehead atoms. The molecule has 0 saturated carbocycles. The van der Waals surface area contributed by atoms with E-state index in [2.05, 4.69) is 15.9 Å². The van der Waals surface area contributed by atoms with E-state index in [0.717, 1.165) is 29.6 Å². The van der Waals surface area contributed by atoms with Crippen LogP contribution in [0, 0.1) is 0 Å². The number of halogens is 2. The lowest BCUT2D eigenvalue weighted by molar-refractivity contribution is 0.0498. The van der Waals surface area contributed by atoms with Gasteiger partial charge in [0.2, 0.25) is 0 Å². The van der Waals surface area contributed by atoms with E-state index >= 15 is 0 Å². The van der Waals surface area contributed by atoms with Crippen LogP contribution in [0.3, 0.4) is 0 Å². The third-order valence-electron chi connectivity index (χ3n) is 5.44. The first-order valence-electron chi connectivity index (χ1n) is 9.25. The Labute approximate surface area is 182 Å². The maximum atomic E-state index is 13.1. The Morgan fingerprint density at radius 1 is 0.893 bits per heavy atom. The maximum absolute atomic E-state index is 13.1. The summed E-state index contributed by atoms with van der Waals surface area (Å²) < 4.78 is 0.959. The van der Waals surface area contributed by atoms with Gasteiger partial charge in [-0.05, 0) is 61.4 Å². The van der Waals surface area contributed by atoms with E-state index in [1.54, 1.807) is 24.3 Å². The lowest BCUT2D eigenvalue weighted by atomic mass is 10.00. The fraction of sp³-hybridized carbons (Fsp3) is 0.333. The van der Waals surface area contributed by atoms with Gasteiger partial charge in [-0.15, -0.1) is 11.8 Å². The molecule has 2 aromatic rings. The van der Waals surface area contributed by atoms with E-state index in [0.29, 0.717) is 29.2 Å². The van der Waals surface area contributed by atoms with Gasteiger partial charge in [-0.25, -0.2) is 0 Å². The van der Waals surface area contributed by atoms with Crippen molar-refractivity contribution in [1.82, 2.24) is 9.80 Å². The molecule has 2 aliphatic rings. The zero-order chi connectivity index (χ0) is 19.7. The van der Waals surface area contributed by atoms with Gasteiger partial charge >= 0.3 is 0 Å². The van der Waals surface area contributed by atoms with Crippen molar-refractivity contribution in [2.45, 2.75) is 17.7 Å². The number of nitrogens with zero attached hydrogens (tertiary/aromatic N) is 2. The summed E-state index contributed by atoms with van der Waals surface area (Å²) in [6, 6.07) is 14.5. The third-order valence-corrected chi connectivity index (χ3v) is 7.77. The molecular weight excluding hydrogens is 460 g/mol. The van der Waals surface area contributed by atoms with Gasteiger partial charge in [0.1, 0.15) is 0 Å². The molecule has 146 valence electrons. The highest BCUT2D eigenvalue weighted by molar-refractivity contribution is 9.10. The fourth-order valence-corrected chi connectivity index (χ4v) is 5.74. The van der Waals surface area contributed by atoms with Crippen LogP contribution in [0.5, 0.6) is 0 Å². The van der Waals surface area contributed by atoms with Gasteiger partial charge in [-0.1, -0.05) is 27.5 Å². The predicted octanol–water partition coefficient (Wildman–Crippen LogP) is 4.92. The molecule has 2 amide bonds. The molecule has 0 radical (unpaired) electrons. The van der Waals surface area contributed by atoms with Crippen LogP contribution in [0.2, 0.25) is 5.02 Å². The summed E-state index contributed by atoms with van der Waals surface area (Å²) >= 11 is 11.2. The second kappa shape index (κ2) is 8.09. The molecule has 4 nitrogen and oxygen atoms in total. The molecule has 0 atom stereocenters. The zero-order valence-electron chi connectivity index (χ0n) is 15.2. The summed E-state index contributed by atoms with van der Waals surface area (Å²) in [5.74, 6) is 1.04. The van der Waals surface area contributed by atoms with E-state index in [1.165, 1.54) is 0 Å². The van der Waals surface area contributed by atoms with Crippen LogP contribution in [-0.4, -0.2) is 51.9 Å². The first-order chi connectivity index (χ1) is 13.5. The van der Waals surface area contributed by atoms with E-state index < -0.39 is 0 Å². The third kappa shape index (κ3) is 3.82. The lowest BCUT2D eigenvalue weighted by Gasteiger charge is -2.44. The van der Waals surface area contributed by atoms with Crippen LogP contribution >= 0.6 is 39.3 Å². The molecular formula is C21H20BrClN2O2S. The molecule has 2 saturated heterocycles. The van der Waals surface area contributed by atoms with Crippen molar-refractivity contribution in [3.05, 3.63) is 69.2 Å². The fourth-order valence-electron chi connectivity index (χ4n) is 3.89. The minimum absolute atomic E-state index is 0.0503. The van der Waals surface area contributed by atoms with Crippen molar-refractivity contribution in [3.63, 3.8) is 0 Å². The molecule has 7 heteroatoms. The number of amides is 2. The highest BCUT2D eigenvalue weighted by atomic mass is 79.9. The average molecular weight is 480 g/mol. The SMILES string of the molecule is O=C(c1ccc(Br)cc1)N1CCC2(CC1)SCCN2C(=O)c1ccc(Cl)cc1. The summed E-state index contributed by atoms with van der Waals surface area (Å²) in [4.78, 5) is 29.6. The van der Waals surface area contributed by atoms with Crippen LogP contribution in [0.25, 0.3) is 0 Å². The second-order valence-corrected chi connectivity index (χ2v) is 9.87. The first kappa shape index (κ1) is 19.8. The highest BCUT2D eigenvalue weighted by Gasteiger charge is 2.47. The van der Waals surface area contributed by atoms with Gasteiger partial charge in [0.05, 0.1) is 4.87 Å². The minimum Gasteiger partial charge on any atom is -0.338 e. The lowest BCUT2D eigenvalue weighted by Crippen LogP contribution is -2.53. The summed E-state index contributed by atoms with van der Waals surface area (Å²) in [5.41, 5.74) is 1.37. The maximum Gasteiger partial charge on any atom is 0.254 e. The molecule has 0 aromatic heterocycles. The molecule has 0 N–H and O–H groups in total. The Balaban J connectivity index is 1.46. The Hall–Kier alpha value is -1.50. The number of hydrogen-bond donors (Lipinski definition) is 0. The van der Waals surface area contributed by atoms with Crippen molar-refractivity contribution in [2.24, 2.45) is 0 Å². The van der Waals surface area contributed by atoms with Crippen LogP contribution in [0.15, 0.2) is 53.0 Å². The number of benzene rings is 2. The molecule has 2 aliphatic heterocycles. The molecule has 2 aromatic carbocycles. The van der Waals surface area contributed by atoms with Crippen LogP contribution < -0.4 is 0 Å². The van der Waals surface area contributed by atoms with Crippen molar-refractivity contribution in [3.8, 4) is 0 Å². The largest absolute Gasteiger partial charge is 0.338 e. The molecule has 4 rings (SSSR count). The predicted molar refractivity (Wildman–Crippen MR) is 117 cm³/mol. The number of hydrogen-bond acceptors (Lipinski definition) is 3. The highest BCUT2D eigenvalue weighted by Crippen LogP contribution is 2.44. The standard InChI is InChI=1S/C21H20BrClN2O2S/c22-17-5-1-15(2-6-17)19(26)24-11-9-21(10-12-24)25(13-14-28-21)20(27)16-3-7-18(23)8-4-16/h1-8H,9-14H2. The van der Waals surface area contributed by atoms with Crippen LogP contribution in [0.4, 0.5) is 0 Å². The van der Waals surface area contributed by atoms with Crippen LogP contribution in [0.1, 0.15) is 33.6 Å². The quantitative estimate of drug-likeness (QED) is 0.613. The number of likely N-dealkylation sites (tertiary alicyclic amines) is 1. The summed E-state index contributed by atoms with van der Waals surface area (Å²) in [6.45, 7) is 2.06. The molecule has 2 fully saturated rings. The van der Waals surface area contributed by atoms with Crippen molar-refractivity contribution < 1.29 is 9.59 Å². The Kier molecular flexibility index (Phi) is 5.72. The minimum atomic E-state index is -0.215. The van der Waals surface area contributed by atoms with E-state index in [1.807, 2.05) is 45.8 Å². The topological polar surface area (TPSA) is 40.6 Å². The normalized spacial score (nSPS) is 18.5. The number of rotatable bonds is 2. The van der Waals surface area contributed by atoms with Crippen molar-refractivity contribution in [2.75, 3.05) is 25.4 Å². The van der Waals surface area contributed by atoms with Gasteiger partial charge in [0.25, 0.3) is 11.8 Å². The molecule has 0 aliphatic carbocycles. The molecule has 1 spiro atoms. The van der Waals surface area contributed by atoms with Gasteiger partial charge in [-0.3, -0.25) is 9.59 Å². The number of carbonyl (C=O) groups excluding carboxylic acids is 2. The Morgan fingerprint density at radius 2 is 1.46 bits per heavy atom. The average Bonchev–Trinajstić information content (AvgIpc) is 3.11. The smallest absolute Gasteiger partial charge is 0.254 e. The molecule has 28 heavy (non-hydrogen) atoms. The van der Waals surface area contributed by atoms with E-state index in [4.69, 9.17) is 11.6 Å². The van der Waals surface area contributed by atoms with Gasteiger partial charge in [0, 0.05) is 46.0 Å². The van der Waals surface area contributed by atoms with Gasteiger partial charge < -0.3 is 9.80 Å². The van der Waals surface area contributed by atoms with Crippen LogP contribution in [-0.2, 0) is 0 Å². The summed E-state index contributed by atoms with van der Waals surface area (Å²) in [6.07, 6.45) is 1.58. The summed E-state index contributed by atoms with van der Waals surface area (Å²) in [7, 11) is 0.